The lowest BCUT2D eigenvalue weighted by Gasteiger charge is -2.24. The molecule has 2 aromatic heterocycles. The Kier molecular flexibility index (Phi) is 8.09. The number of fused-ring (bicyclic) bond motifs is 2. The van der Waals surface area contributed by atoms with Crippen LogP contribution in [0.15, 0.2) is 18.3 Å². The highest BCUT2D eigenvalue weighted by molar-refractivity contribution is 6.76. The zero-order valence-electron chi connectivity index (χ0n) is 23.5. The summed E-state index contributed by atoms with van der Waals surface area (Å²) >= 11 is 6.26. The molecule has 2 aliphatic rings. The molecule has 1 atom stereocenters. The SMILES string of the molecule is CCOc1nc(Cl)nc2c1c(-c1cc3c(c(OC(F)F)c1)C(=O)N([C@@H](C)C1CC1)C3)cn2COCC[Si](C)(C)C. The van der Waals surface area contributed by atoms with Crippen LogP contribution in [0.5, 0.6) is 11.6 Å². The van der Waals surface area contributed by atoms with Crippen LogP contribution in [-0.2, 0) is 18.0 Å². The summed E-state index contributed by atoms with van der Waals surface area (Å²) < 4.78 is 45.7. The molecule has 0 radical (unpaired) electrons. The summed E-state index contributed by atoms with van der Waals surface area (Å²) in [5.74, 6) is 0.301. The van der Waals surface area contributed by atoms with Gasteiger partial charge >= 0.3 is 6.61 Å². The second-order valence-electron chi connectivity index (χ2n) is 11.7. The van der Waals surface area contributed by atoms with Crippen molar-refractivity contribution in [1.29, 1.82) is 0 Å². The van der Waals surface area contributed by atoms with Gasteiger partial charge in [-0.25, -0.2) is 0 Å². The number of carbonyl (C=O) groups excluding carboxylic acids is 1. The van der Waals surface area contributed by atoms with Gasteiger partial charge in [-0.1, -0.05) is 19.6 Å². The van der Waals surface area contributed by atoms with Gasteiger partial charge in [0.15, 0.2) is 5.65 Å². The first-order valence-corrected chi connectivity index (χ1v) is 17.7. The van der Waals surface area contributed by atoms with Crippen molar-refractivity contribution in [2.24, 2.45) is 5.92 Å². The Morgan fingerprint density at radius 1 is 1.20 bits per heavy atom. The molecule has 0 N–H and O–H groups in total. The van der Waals surface area contributed by atoms with Crippen molar-refractivity contribution in [1.82, 2.24) is 19.4 Å². The van der Waals surface area contributed by atoms with Crippen LogP contribution >= 0.6 is 11.6 Å². The third-order valence-corrected chi connectivity index (χ3v) is 9.36. The Bertz CT molecular complexity index is 1420. The molecule has 40 heavy (non-hydrogen) atoms. The van der Waals surface area contributed by atoms with Gasteiger partial charge < -0.3 is 23.7 Å². The standard InChI is InChI=1S/C28H35ClF2N4O4Si/c1-6-38-25-23-20(14-34(24(23)32-27(29)33-25)15-37-9-10-40(3,4)5)18-11-19-13-35(16(2)17-7-8-17)26(36)22(19)21(12-18)39-28(30)31/h11-12,14,16-17,28H,6-10,13,15H2,1-5H3/t16-/m0/s1. The van der Waals surface area contributed by atoms with Crippen LogP contribution in [0.25, 0.3) is 22.2 Å². The van der Waals surface area contributed by atoms with E-state index in [1.165, 1.54) is 6.07 Å². The van der Waals surface area contributed by atoms with Crippen LogP contribution < -0.4 is 9.47 Å². The number of hydrogen-bond donors (Lipinski definition) is 0. The molecule has 5 rings (SSSR count). The van der Waals surface area contributed by atoms with Crippen LogP contribution in [-0.4, -0.2) is 59.3 Å². The number of benzene rings is 1. The molecular weight excluding hydrogens is 558 g/mol. The molecule has 0 saturated heterocycles. The predicted molar refractivity (Wildman–Crippen MR) is 152 cm³/mol. The number of nitrogens with zero attached hydrogens (tertiary/aromatic N) is 4. The molecule has 1 aromatic carbocycles. The number of rotatable bonds is 12. The van der Waals surface area contributed by atoms with E-state index < -0.39 is 14.7 Å². The Balaban J connectivity index is 1.60. The lowest BCUT2D eigenvalue weighted by molar-refractivity contribution is -0.0501. The Labute approximate surface area is 238 Å². The quantitative estimate of drug-likeness (QED) is 0.130. The van der Waals surface area contributed by atoms with E-state index in [0.29, 0.717) is 53.4 Å². The minimum absolute atomic E-state index is 0.0231. The molecular formula is C28H35ClF2N4O4Si. The molecule has 3 aromatic rings. The van der Waals surface area contributed by atoms with Crippen molar-refractivity contribution in [2.45, 2.75) is 78.3 Å². The fourth-order valence-corrected chi connectivity index (χ4v) is 6.09. The number of carbonyl (C=O) groups is 1. The van der Waals surface area contributed by atoms with Gasteiger partial charge in [-0.15, -0.1) is 0 Å². The Morgan fingerprint density at radius 3 is 2.60 bits per heavy atom. The molecule has 0 unspecified atom stereocenters. The van der Waals surface area contributed by atoms with E-state index in [-0.39, 0.29) is 41.2 Å². The summed E-state index contributed by atoms with van der Waals surface area (Å²) in [5, 5.41) is 0.602. The highest BCUT2D eigenvalue weighted by Crippen LogP contribution is 2.44. The lowest BCUT2D eigenvalue weighted by atomic mass is 9.99. The number of alkyl halides is 2. The molecule has 1 amide bonds. The number of hydrogen-bond acceptors (Lipinski definition) is 6. The van der Waals surface area contributed by atoms with Gasteiger partial charge in [-0.3, -0.25) is 4.79 Å². The minimum atomic E-state index is -3.08. The lowest BCUT2D eigenvalue weighted by Crippen LogP contribution is -2.34. The van der Waals surface area contributed by atoms with E-state index in [2.05, 4.69) is 29.6 Å². The van der Waals surface area contributed by atoms with E-state index in [9.17, 15) is 13.6 Å². The van der Waals surface area contributed by atoms with Gasteiger partial charge in [0, 0.05) is 39.0 Å². The first kappa shape index (κ1) is 28.8. The number of ether oxygens (including phenoxy) is 3. The summed E-state index contributed by atoms with van der Waals surface area (Å²) in [6.45, 7) is 9.11. The average molecular weight is 593 g/mol. The highest BCUT2D eigenvalue weighted by atomic mass is 35.5. The first-order valence-electron chi connectivity index (χ1n) is 13.7. The summed E-state index contributed by atoms with van der Waals surface area (Å²) in [4.78, 5) is 23.9. The maximum Gasteiger partial charge on any atom is 0.387 e. The summed E-state index contributed by atoms with van der Waals surface area (Å²) in [6.07, 6.45) is 3.96. The topological polar surface area (TPSA) is 78.7 Å². The summed E-state index contributed by atoms with van der Waals surface area (Å²) in [7, 11) is -1.29. The number of aromatic nitrogens is 3. The van der Waals surface area contributed by atoms with Crippen LogP contribution in [0, 0.1) is 5.92 Å². The first-order chi connectivity index (χ1) is 19.0. The smallest absolute Gasteiger partial charge is 0.387 e. The van der Waals surface area contributed by atoms with Gasteiger partial charge in [0.25, 0.3) is 5.91 Å². The summed E-state index contributed by atoms with van der Waals surface area (Å²) in [5.41, 5.74) is 2.57. The van der Waals surface area contributed by atoms with E-state index in [0.717, 1.165) is 18.9 Å². The monoisotopic (exact) mass is 592 g/mol. The molecule has 216 valence electrons. The highest BCUT2D eigenvalue weighted by Gasteiger charge is 2.40. The van der Waals surface area contributed by atoms with Crippen molar-refractivity contribution in [3.63, 3.8) is 0 Å². The van der Waals surface area contributed by atoms with E-state index in [1.807, 2.05) is 30.7 Å². The van der Waals surface area contributed by atoms with E-state index in [1.54, 1.807) is 4.90 Å². The van der Waals surface area contributed by atoms with Gasteiger partial charge in [0.1, 0.15) is 12.5 Å². The van der Waals surface area contributed by atoms with Gasteiger partial charge in [-0.2, -0.15) is 18.7 Å². The molecule has 1 aliphatic heterocycles. The van der Waals surface area contributed by atoms with Crippen LogP contribution in [0.3, 0.4) is 0 Å². The van der Waals surface area contributed by atoms with Crippen LogP contribution in [0.1, 0.15) is 42.6 Å². The van der Waals surface area contributed by atoms with Crippen molar-refractivity contribution >= 4 is 36.6 Å². The molecule has 12 heteroatoms. The summed E-state index contributed by atoms with van der Waals surface area (Å²) in [6, 6.07) is 4.38. The molecule has 0 bridgehead atoms. The van der Waals surface area contributed by atoms with Crippen LogP contribution in [0.2, 0.25) is 31.0 Å². The third-order valence-electron chi connectivity index (χ3n) is 7.49. The largest absolute Gasteiger partial charge is 0.477 e. The number of halogens is 3. The maximum absolute atomic E-state index is 13.5. The zero-order chi connectivity index (χ0) is 28.8. The zero-order valence-corrected chi connectivity index (χ0v) is 25.2. The fourth-order valence-electron chi connectivity index (χ4n) is 5.17. The molecule has 1 aliphatic carbocycles. The second kappa shape index (κ2) is 11.3. The van der Waals surface area contributed by atoms with Crippen LogP contribution in [0.4, 0.5) is 8.78 Å². The molecule has 8 nitrogen and oxygen atoms in total. The predicted octanol–water partition coefficient (Wildman–Crippen LogP) is 6.82. The second-order valence-corrected chi connectivity index (χ2v) is 17.6. The Hall–Kier alpha value is -2.76. The van der Waals surface area contributed by atoms with Gasteiger partial charge in [0.2, 0.25) is 11.2 Å². The molecule has 0 spiro atoms. The minimum Gasteiger partial charge on any atom is -0.477 e. The maximum atomic E-state index is 13.5. The Morgan fingerprint density at radius 2 is 1.95 bits per heavy atom. The average Bonchev–Trinajstić information content (AvgIpc) is 3.57. The molecule has 1 fully saturated rings. The van der Waals surface area contributed by atoms with E-state index >= 15 is 0 Å². The normalized spacial score (nSPS) is 16.2. The van der Waals surface area contributed by atoms with Crippen molar-refractivity contribution in [2.75, 3.05) is 13.2 Å². The third kappa shape index (κ3) is 5.96. The van der Waals surface area contributed by atoms with Gasteiger partial charge in [0.05, 0.1) is 17.6 Å². The van der Waals surface area contributed by atoms with Crippen molar-refractivity contribution < 1.29 is 27.8 Å². The van der Waals surface area contributed by atoms with Crippen molar-refractivity contribution in [3.05, 3.63) is 34.7 Å². The van der Waals surface area contributed by atoms with E-state index in [4.69, 9.17) is 25.8 Å². The molecule has 3 heterocycles. The van der Waals surface area contributed by atoms with Gasteiger partial charge in [-0.05, 0) is 73.5 Å². The fraction of sp³-hybridized carbons (Fsp3) is 0.536. The number of amides is 1. The van der Waals surface area contributed by atoms with Crippen molar-refractivity contribution in [3.8, 4) is 22.8 Å². The molecule has 1 saturated carbocycles.